The number of anilines is 1. The minimum Gasteiger partial charge on any atom is -0.312 e. The van der Waals surface area contributed by atoms with Gasteiger partial charge in [-0.05, 0) is 30.3 Å². The normalized spacial score (nSPS) is 17.3. The Morgan fingerprint density at radius 1 is 1.16 bits per heavy atom. The summed E-state index contributed by atoms with van der Waals surface area (Å²) in [6.07, 6.45) is 0.332. The summed E-state index contributed by atoms with van der Waals surface area (Å²) in [7, 11) is 0. The predicted octanol–water partition coefficient (Wildman–Crippen LogP) is 3.59. The molecule has 1 fully saturated rings. The van der Waals surface area contributed by atoms with Crippen LogP contribution in [0.3, 0.4) is 0 Å². The lowest BCUT2D eigenvalue weighted by Gasteiger charge is -2.28. The van der Waals surface area contributed by atoms with E-state index in [9.17, 15) is 13.6 Å². The second-order valence-electron chi connectivity index (χ2n) is 5.98. The number of carbonyl (C=O) groups excluding carboxylic acids is 1. The van der Waals surface area contributed by atoms with Gasteiger partial charge in [0.15, 0.2) is 0 Å². The summed E-state index contributed by atoms with van der Waals surface area (Å²) in [5.41, 5.74) is 1.00. The lowest BCUT2D eigenvalue weighted by molar-refractivity contribution is -0.119. The molecule has 0 spiro atoms. The van der Waals surface area contributed by atoms with E-state index in [1.807, 2.05) is 11.8 Å². The van der Waals surface area contributed by atoms with Gasteiger partial charge in [-0.2, -0.15) is 11.8 Å². The molecule has 1 aliphatic heterocycles. The molecule has 2 aromatic carbocycles. The molecule has 6 heteroatoms. The van der Waals surface area contributed by atoms with Gasteiger partial charge in [0, 0.05) is 41.8 Å². The van der Waals surface area contributed by atoms with E-state index in [2.05, 4.69) is 5.32 Å². The first kappa shape index (κ1) is 17.9. The fourth-order valence-electron chi connectivity index (χ4n) is 2.81. The van der Waals surface area contributed by atoms with E-state index in [1.54, 1.807) is 30.3 Å². The zero-order valence-corrected chi connectivity index (χ0v) is 14.6. The number of rotatable bonds is 5. The summed E-state index contributed by atoms with van der Waals surface area (Å²) in [5, 5.41) is 3.34. The maximum absolute atomic E-state index is 14.0. The molecular formula is C19H20F2N2OS. The van der Waals surface area contributed by atoms with E-state index in [-0.39, 0.29) is 30.1 Å². The van der Waals surface area contributed by atoms with Gasteiger partial charge in [-0.3, -0.25) is 4.79 Å². The van der Waals surface area contributed by atoms with E-state index in [1.165, 1.54) is 23.1 Å². The van der Waals surface area contributed by atoms with E-state index < -0.39 is 0 Å². The second-order valence-corrected chi connectivity index (χ2v) is 7.13. The van der Waals surface area contributed by atoms with E-state index in [0.29, 0.717) is 17.7 Å². The van der Waals surface area contributed by atoms with Crippen LogP contribution in [0.15, 0.2) is 48.5 Å². The fourth-order valence-corrected chi connectivity index (χ4v) is 3.76. The molecule has 0 saturated carbocycles. The standard InChI is InChI=1S/C19H20F2N2OS/c20-15-5-7-17(8-6-15)23(12-14-3-1-2-4-18(14)21)19(24)11-16-13-25-10-9-22-16/h1-8,16,22H,9-13H2. The van der Waals surface area contributed by atoms with Crippen molar-refractivity contribution in [3.63, 3.8) is 0 Å². The van der Waals surface area contributed by atoms with Crippen LogP contribution < -0.4 is 10.2 Å². The van der Waals surface area contributed by atoms with Gasteiger partial charge >= 0.3 is 0 Å². The van der Waals surface area contributed by atoms with E-state index in [4.69, 9.17) is 0 Å². The molecule has 0 aliphatic carbocycles. The Kier molecular flexibility index (Phi) is 6.04. The number of hydrogen-bond acceptors (Lipinski definition) is 3. The lowest BCUT2D eigenvalue weighted by Crippen LogP contribution is -2.42. The Bertz CT molecular complexity index is 718. The minimum absolute atomic E-state index is 0.102. The highest BCUT2D eigenvalue weighted by Crippen LogP contribution is 2.22. The molecule has 0 radical (unpaired) electrons. The van der Waals surface area contributed by atoms with Crippen molar-refractivity contribution < 1.29 is 13.6 Å². The summed E-state index contributed by atoms with van der Waals surface area (Å²) >= 11 is 1.82. The number of thioether (sulfide) groups is 1. The third kappa shape index (κ3) is 4.80. The third-order valence-electron chi connectivity index (χ3n) is 4.15. The van der Waals surface area contributed by atoms with E-state index in [0.717, 1.165) is 18.1 Å². The van der Waals surface area contributed by atoms with Gasteiger partial charge in [0.25, 0.3) is 0 Å². The molecule has 1 atom stereocenters. The van der Waals surface area contributed by atoms with Crippen molar-refractivity contribution in [1.82, 2.24) is 5.32 Å². The Balaban J connectivity index is 1.81. The number of carbonyl (C=O) groups is 1. The van der Waals surface area contributed by atoms with Gasteiger partial charge in [0.1, 0.15) is 11.6 Å². The predicted molar refractivity (Wildman–Crippen MR) is 97.7 cm³/mol. The molecule has 1 amide bonds. The number of hydrogen-bond donors (Lipinski definition) is 1. The van der Waals surface area contributed by atoms with Crippen molar-refractivity contribution in [3.05, 3.63) is 65.7 Å². The van der Waals surface area contributed by atoms with Crippen LogP contribution in [0.1, 0.15) is 12.0 Å². The smallest absolute Gasteiger partial charge is 0.228 e. The molecule has 3 nitrogen and oxygen atoms in total. The molecule has 1 N–H and O–H groups in total. The van der Waals surface area contributed by atoms with Gasteiger partial charge in [-0.25, -0.2) is 8.78 Å². The zero-order valence-electron chi connectivity index (χ0n) is 13.8. The average molecular weight is 362 g/mol. The van der Waals surface area contributed by atoms with Crippen LogP contribution in [0.5, 0.6) is 0 Å². The SMILES string of the molecule is O=C(CC1CSCCN1)N(Cc1ccccc1F)c1ccc(F)cc1. The maximum atomic E-state index is 14.0. The number of nitrogens with zero attached hydrogens (tertiary/aromatic N) is 1. The van der Waals surface area contributed by atoms with E-state index >= 15 is 0 Å². The fraction of sp³-hybridized carbons (Fsp3) is 0.316. The molecule has 132 valence electrons. The Morgan fingerprint density at radius 2 is 1.92 bits per heavy atom. The number of nitrogens with one attached hydrogen (secondary N) is 1. The summed E-state index contributed by atoms with van der Waals surface area (Å²) < 4.78 is 27.3. The van der Waals surface area contributed by atoms with Crippen LogP contribution in [0.4, 0.5) is 14.5 Å². The second kappa shape index (κ2) is 8.45. The topological polar surface area (TPSA) is 32.3 Å². The monoisotopic (exact) mass is 362 g/mol. The average Bonchev–Trinajstić information content (AvgIpc) is 2.63. The van der Waals surface area contributed by atoms with Crippen molar-refractivity contribution in [2.75, 3.05) is 23.0 Å². The number of amides is 1. The first-order valence-electron chi connectivity index (χ1n) is 8.24. The van der Waals surface area contributed by atoms with Crippen LogP contribution in [-0.2, 0) is 11.3 Å². The molecule has 3 rings (SSSR count). The molecule has 0 aromatic heterocycles. The first-order valence-corrected chi connectivity index (χ1v) is 9.39. The van der Waals surface area contributed by atoms with Gasteiger partial charge in [0.05, 0.1) is 6.54 Å². The highest BCUT2D eigenvalue weighted by Gasteiger charge is 2.23. The molecule has 0 bridgehead atoms. The third-order valence-corrected chi connectivity index (χ3v) is 5.28. The summed E-state index contributed by atoms with van der Waals surface area (Å²) in [6, 6.07) is 12.2. The molecule has 1 unspecified atom stereocenters. The maximum Gasteiger partial charge on any atom is 0.228 e. The van der Waals surface area contributed by atoms with Crippen molar-refractivity contribution in [2.45, 2.75) is 19.0 Å². The number of benzene rings is 2. The highest BCUT2D eigenvalue weighted by atomic mass is 32.2. The van der Waals surface area contributed by atoms with Crippen LogP contribution in [-0.4, -0.2) is 30.0 Å². The Hall–Kier alpha value is -1.92. The summed E-state index contributed by atoms with van der Waals surface area (Å²) in [6.45, 7) is 1.00. The van der Waals surface area contributed by atoms with Crippen molar-refractivity contribution in [2.24, 2.45) is 0 Å². The van der Waals surface area contributed by atoms with Gasteiger partial charge in [0.2, 0.25) is 5.91 Å². The molecular weight excluding hydrogens is 342 g/mol. The van der Waals surface area contributed by atoms with Gasteiger partial charge in [-0.15, -0.1) is 0 Å². The van der Waals surface area contributed by atoms with Crippen molar-refractivity contribution in [1.29, 1.82) is 0 Å². The van der Waals surface area contributed by atoms with Crippen LogP contribution in [0.25, 0.3) is 0 Å². The van der Waals surface area contributed by atoms with Gasteiger partial charge in [-0.1, -0.05) is 18.2 Å². The molecule has 1 heterocycles. The molecule has 2 aromatic rings. The van der Waals surface area contributed by atoms with Crippen LogP contribution in [0.2, 0.25) is 0 Å². The van der Waals surface area contributed by atoms with Crippen molar-refractivity contribution >= 4 is 23.4 Å². The lowest BCUT2D eigenvalue weighted by atomic mass is 10.1. The highest BCUT2D eigenvalue weighted by molar-refractivity contribution is 7.99. The first-order chi connectivity index (χ1) is 12.1. The number of halogens is 2. The summed E-state index contributed by atoms with van der Waals surface area (Å²) in [4.78, 5) is 14.4. The molecule has 25 heavy (non-hydrogen) atoms. The van der Waals surface area contributed by atoms with Gasteiger partial charge < -0.3 is 10.2 Å². The van der Waals surface area contributed by atoms with Crippen molar-refractivity contribution in [3.8, 4) is 0 Å². The minimum atomic E-state index is -0.368. The Morgan fingerprint density at radius 3 is 2.60 bits per heavy atom. The van der Waals surface area contributed by atoms with Crippen LogP contribution >= 0.6 is 11.8 Å². The zero-order chi connectivity index (χ0) is 17.6. The van der Waals surface area contributed by atoms with Crippen LogP contribution in [0, 0.1) is 11.6 Å². The summed E-state index contributed by atoms with van der Waals surface area (Å²) in [5.74, 6) is 1.10. The quantitative estimate of drug-likeness (QED) is 0.882. The molecule has 1 saturated heterocycles. The Labute approximate surface area is 150 Å². The molecule has 1 aliphatic rings. The largest absolute Gasteiger partial charge is 0.312 e.